The van der Waals surface area contributed by atoms with E-state index in [0.29, 0.717) is 11.3 Å². The van der Waals surface area contributed by atoms with Crippen LogP contribution in [0, 0.1) is 10.1 Å². The fourth-order valence-electron chi connectivity index (χ4n) is 1.09. The quantitative estimate of drug-likeness (QED) is 0.581. The molecule has 0 aliphatic carbocycles. The van der Waals surface area contributed by atoms with Crippen molar-refractivity contribution in [2.75, 3.05) is 13.7 Å². The minimum Gasteiger partial charge on any atom is -0.508 e. The maximum atomic E-state index is 10.1. The van der Waals surface area contributed by atoms with Gasteiger partial charge in [0, 0.05) is 23.0 Å². The van der Waals surface area contributed by atoms with Gasteiger partial charge in [0.1, 0.15) is 11.5 Å². The van der Waals surface area contributed by atoms with Gasteiger partial charge in [-0.3, -0.25) is 10.1 Å². The number of hydrogen-bond donors (Lipinski definition) is 1. The van der Waals surface area contributed by atoms with E-state index in [9.17, 15) is 15.2 Å². The summed E-state index contributed by atoms with van der Waals surface area (Å²) in [5.74, 6) is 0.568. The monoisotopic (exact) mass is 197 g/mol. The number of nitro groups is 1. The molecule has 0 amide bonds. The number of phenols is 1. The van der Waals surface area contributed by atoms with Crippen molar-refractivity contribution in [2.45, 2.75) is 6.42 Å². The summed E-state index contributed by atoms with van der Waals surface area (Å²) in [6.45, 7) is -0.181. The second-order valence-corrected chi connectivity index (χ2v) is 2.80. The van der Waals surface area contributed by atoms with Gasteiger partial charge in [0.2, 0.25) is 6.54 Å². The fourth-order valence-corrected chi connectivity index (χ4v) is 1.09. The summed E-state index contributed by atoms with van der Waals surface area (Å²) in [5.41, 5.74) is 0.558. The summed E-state index contributed by atoms with van der Waals surface area (Å²) < 4.78 is 4.88. The number of nitrogens with zero attached hydrogens (tertiary/aromatic N) is 1. The van der Waals surface area contributed by atoms with Crippen molar-refractivity contribution in [3.05, 3.63) is 33.9 Å². The molecule has 0 fully saturated rings. The molecule has 1 rings (SSSR count). The Kier molecular flexibility index (Phi) is 3.28. The maximum absolute atomic E-state index is 10.1. The topological polar surface area (TPSA) is 72.6 Å². The number of phenolic OH excluding ortho intramolecular Hbond substituents is 1. The van der Waals surface area contributed by atoms with Crippen molar-refractivity contribution in [3.8, 4) is 11.5 Å². The van der Waals surface area contributed by atoms with Crippen LogP contribution in [0.1, 0.15) is 5.56 Å². The first-order valence-electron chi connectivity index (χ1n) is 4.11. The van der Waals surface area contributed by atoms with Crippen LogP contribution in [-0.2, 0) is 6.42 Å². The van der Waals surface area contributed by atoms with Crippen LogP contribution in [0.25, 0.3) is 0 Å². The zero-order valence-corrected chi connectivity index (χ0v) is 7.77. The van der Waals surface area contributed by atoms with Crippen LogP contribution in [0.2, 0.25) is 0 Å². The Labute approximate surface area is 81.1 Å². The fraction of sp³-hybridized carbons (Fsp3) is 0.333. The molecule has 0 aliphatic rings. The highest BCUT2D eigenvalue weighted by atomic mass is 16.6. The number of aromatic hydroxyl groups is 1. The van der Waals surface area contributed by atoms with E-state index in [1.54, 1.807) is 12.1 Å². The number of ether oxygens (including phenoxy) is 1. The molecule has 5 heteroatoms. The van der Waals surface area contributed by atoms with Crippen LogP contribution >= 0.6 is 0 Å². The van der Waals surface area contributed by atoms with E-state index < -0.39 is 4.92 Å². The minimum absolute atomic E-state index is 0.0335. The molecular formula is C9H11NO4. The van der Waals surface area contributed by atoms with Crippen LogP contribution < -0.4 is 4.74 Å². The summed E-state index contributed by atoms with van der Waals surface area (Å²) in [6, 6.07) is 4.72. The summed E-state index contributed by atoms with van der Waals surface area (Å²) in [6.07, 6.45) is 0.225. The molecule has 0 spiro atoms. The summed E-state index contributed by atoms with van der Waals surface area (Å²) in [5, 5.41) is 19.5. The summed E-state index contributed by atoms with van der Waals surface area (Å²) >= 11 is 0. The van der Waals surface area contributed by atoms with Gasteiger partial charge < -0.3 is 9.84 Å². The average Bonchev–Trinajstić information content (AvgIpc) is 2.15. The second-order valence-electron chi connectivity index (χ2n) is 2.80. The van der Waals surface area contributed by atoms with Gasteiger partial charge in [-0.2, -0.15) is 0 Å². The lowest BCUT2D eigenvalue weighted by molar-refractivity contribution is -0.479. The molecule has 0 aliphatic heterocycles. The minimum atomic E-state index is -0.413. The first-order chi connectivity index (χ1) is 6.63. The standard InChI is InChI=1S/C9H11NO4/c1-14-8-3-2-7(9(11)6-8)4-5-10(12)13/h2-3,6,11H,4-5H2,1H3. The maximum Gasteiger partial charge on any atom is 0.208 e. The SMILES string of the molecule is COc1ccc(CC[N+](=O)[O-])c(O)c1. The van der Waals surface area contributed by atoms with E-state index in [1.165, 1.54) is 13.2 Å². The largest absolute Gasteiger partial charge is 0.508 e. The molecule has 0 bridgehead atoms. The van der Waals surface area contributed by atoms with E-state index in [-0.39, 0.29) is 18.7 Å². The Balaban J connectivity index is 2.73. The molecule has 0 unspecified atom stereocenters. The number of rotatable bonds is 4. The predicted molar refractivity (Wildman–Crippen MR) is 50.2 cm³/mol. The molecule has 1 aromatic rings. The predicted octanol–water partition coefficient (Wildman–Crippen LogP) is 1.22. The summed E-state index contributed by atoms with van der Waals surface area (Å²) in [4.78, 5) is 9.69. The highest BCUT2D eigenvalue weighted by molar-refractivity contribution is 5.39. The van der Waals surface area contributed by atoms with Crippen LogP contribution in [0.5, 0.6) is 11.5 Å². The van der Waals surface area contributed by atoms with Crippen molar-refractivity contribution in [1.82, 2.24) is 0 Å². The molecule has 0 aromatic heterocycles. The third-order valence-corrected chi connectivity index (χ3v) is 1.86. The molecule has 0 heterocycles. The van der Waals surface area contributed by atoms with E-state index >= 15 is 0 Å². The first kappa shape index (κ1) is 10.3. The van der Waals surface area contributed by atoms with Gasteiger partial charge in [0.15, 0.2) is 0 Å². The Morgan fingerprint density at radius 1 is 1.57 bits per heavy atom. The highest BCUT2D eigenvalue weighted by Crippen LogP contribution is 2.23. The third-order valence-electron chi connectivity index (χ3n) is 1.86. The zero-order valence-electron chi connectivity index (χ0n) is 7.77. The van der Waals surface area contributed by atoms with Crippen molar-refractivity contribution in [2.24, 2.45) is 0 Å². The molecule has 1 aromatic carbocycles. The van der Waals surface area contributed by atoms with Crippen LogP contribution in [-0.4, -0.2) is 23.7 Å². The lowest BCUT2D eigenvalue weighted by Gasteiger charge is -2.04. The van der Waals surface area contributed by atoms with Crippen molar-refractivity contribution < 1.29 is 14.8 Å². The van der Waals surface area contributed by atoms with Gasteiger partial charge in [0.05, 0.1) is 7.11 Å². The Bertz CT molecular complexity index is 338. The molecule has 76 valence electrons. The van der Waals surface area contributed by atoms with Gasteiger partial charge >= 0.3 is 0 Å². The summed E-state index contributed by atoms with van der Waals surface area (Å²) in [7, 11) is 1.49. The smallest absolute Gasteiger partial charge is 0.208 e. The molecule has 0 atom stereocenters. The van der Waals surface area contributed by atoms with Crippen molar-refractivity contribution in [3.63, 3.8) is 0 Å². The zero-order chi connectivity index (χ0) is 10.6. The van der Waals surface area contributed by atoms with E-state index in [4.69, 9.17) is 4.74 Å². The lowest BCUT2D eigenvalue weighted by atomic mass is 10.1. The normalized spacial score (nSPS) is 9.79. The lowest BCUT2D eigenvalue weighted by Crippen LogP contribution is -2.04. The number of hydrogen-bond acceptors (Lipinski definition) is 4. The molecule has 14 heavy (non-hydrogen) atoms. The third kappa shape index (κ3) is 2.62. The van der Waals surface area contributed by atoms with Crippen LogP contribution in [0.15, 0.2) is 18.2 Å². The Morgan fingerprint density at radius 3 is 2.79 bits per heavy atom. The molecule has 1 N–H and O–H groups in total. The van der Waals surface area contributed by atoms with E-state index in [2.05, 4.69) is 0 Å². The Hall–Kier alpha value is -1.78. The first-order valence-corrected chi connectivity index (χ1v) is 4.11. The molecule has 0 saturated heterocycles. The van der Waals surface area contributed by atoms with Crippen molar-refractivity contribution in [1.29, 1.82) is 0 Å². The van der Waals surface area contributed by atoms with Crippen LogP contribution in [0.4, 0.5) is 0 Å². The van der Waals surface area contributed by atoms with Gasteiger partial charge in [-0.05, 0) is 6.07 Å². The number of methoxy groups -OCH3 is 1. The highest BCUT2D eigenvalue weighted by Gasteiger charge is 2.06. The molecular weight excluding hydrogens is 186 g/mol. The van der Waals surface area contributed by atoms with Gasteiger partial charge in [0.25, 0.3) is 0 Å². The van der Waals surface area contributed by atoms with Gasteiger partial charge in [-0.15, -0.1) is 0 Å². The molecule has 0 saturated carbocycles. The number of benzene rings is 1. The molecule has 5 nitrogen and oxygen atoms in total. The van der Waals surface area contributed by atoms with Gasteiger partial charge in [-0.1, -0.05) is 6.07 Å². The van der Waals surface area contributed by atoms with Gasteiger partial charge in [-0.25, -0.2) is 0 Å². The van der Waals surface area contributed by atoms with Crippen molar-refractivity contribution >= 4 is 0 Å². The Morgan fingerprint density at radius 2 is 2.29 bits per heavy atom. The van der Waals surface area contributed by atoms with E-state index in [0.717, 1.165) is 0 Å². The van der Waals surface area contributed by atoms with E-state index in [1.807, 2.05) is 0 Å². The average molecular weight is 197 g/mol. The molecule has 0 radical (unpaired) electrons. The second kappa shape index (κ2) is 4.45. The van der Waals surface area contributed by atoms with Crippen LogP contribution in [0.3, 0.4) is 0 Å².